The summed E-state index contributed by atoms with van der Waals surface area (Å²) in [6.45, 7) is 0.136. The van der Waals surface area contributed by atoms with Crippen LogP contribution in [0, 0.1) is 17.6 Å². The summed E-state index contributed by atoms with van der Waals surface area (Å²) in [5.74, 6) is -1.02. The molecule has 0 radical (unpaired) electrons. The summed E-state index contributed by atoms with van der Waals surface area (Å²) in [4.78, 5) is 0.0189. The van der Waals surface area contributed by atoms with Gasteiger partial charge in [-0.3, -0.25) is 0 Å². The molecule has 3 aromatic carbocycles. The van der Waals surface area contributed by atoms with Crippen molar-refractivity contribution in [1.29, 1.82) is 0 Å². The van der Waals surface area contributed by atoms with Crippen molar-refractivity contribution < 1.29 is 22.3 Å². The van der Waals surface area contributed by atoms with Crippen molar-refractivity contribution in [1.82, 2.24) is 4.31 Å². The molecule has 0 aliphatic carbocycles. The second kappa shape index (κ2) is 7.95. The molecule has 0 unspecified atom stereocenters. The van der Waals surface area contributed by atoms with Crippen molar-refractivity contribution in [3.05, 3.63) is 83.9 Å². The van der Waals surface area contributed by atoms with Crippen LogP contribution in [0.2, 0.25) is 0 Å². The van der Waals surface area contributed by atoms with Gasteiger partial charge in [-0.25, -0.2) is 17.2 Å². The van der Waals surface area contributed by atoms with Crippen molar-refractivity contribution in [3.63, 3.8) is 0 Å². The Bertz CT molecular complexity index is 1260. The monoisotopic (exact) mass is 456 g/mol. The van der Waals surface area contributed by atoms with Gasteiger partial charge >= 0.3 is 0 Å². The lowest BCUT2D eigenvalue weighted by Gasteiger charge is -2.39. The number of fused-ring (bicyclic) bond motifs is 3. The van der Waals surface area contributed by atoms with Crippen LogP contribution in [0.4, 0.5) is 14.5 Å². The van der Waals surface area contributed by atoms with Crippen LogP contribution in [0.3, 0.4) is 0 Å². The van der Waals surface area contributed by atoms with Crippen molar-refractivity contribution in [3.8, 4) is 11.1 Å². The lowest BCUT2D eigenvalue weighted by Crippen LogP contribution is -2.42. The fourth-order valence-corrected chi connectivity index (χ4v) is 6.56. The first kappa shape index (κ1) is 21.1. The minimum atomic E-state index is -3.90. The van der Waals surface area contributed by atoms with Gasteiger partial charge in [0.05, 0.1) is 23.6 Å². The van der Waals surface area contributed by atoms with Crippen LogP contribution >= 0.6 is 0 Å². The minimum absolute atomic E-state index is 0.0189. The molecule has 8 heteroatoms. The first-order chi connectivity index (χ1) is 15.4. The number of benzene rings is 3. The third kappa shape index (κ3) is 3.39. The van der Waals surface area contributed by atoms with Gasteiger partial charge < -0.3 is 10.4 Å². The molecule has 5 nitrogen and oxygen atoms in total. The maximum absolute atomic E-state index is 14.4. The lowest BCUT2D eigenvalue weighted by atomic mass is 9.82. The third-order valence-corrected chi connectivity index (χ3v) is 8.32. The van der Waals surface area contributed by atoms with Crippen LogP contribution in [-0.4, -0.2) is 37.0 Å². The molecule has 0 aromatic heterocycles. The highest BCUT2D eigenvalue weighted by atomic mass is 32.2. The number of anilines is 1. The molecule has 1 fully saturated rings. The smallest absolute Gasteiger partial charge is 0.243 e. The number of nitrogens with one attached hydrogen (secondary N) is 1. The van der Waals surface area contributed by atoms with Crippen LogP contribution in [0.15, 0.2) is 71.6 Å². The Kier molecular flexibility index (Phi) is 5.23. The molecule has 1 saturated heterocycles. The molecule has 2 aliphatic heterocycles. The summed E-state index contributed by atoms with van der Waals surface area (Å²) < 4.78 is 56.2. The van der Waals surface area contributed by atoms with Crippen LogP contribution < -0.4 is 5.32 Å². The van der Waals surface area contributed by atoms with E-state index in [1.165, 1.54) is 22.5 Å². The van der Waals surface area contributed by atoms with E-state index in [1.807, 2.05) is 6.07 Å². The van der Waals surface area contributed by atoms with Gasteiger partial charge in [-0.15, -0.1) is 0 Å². The first-order valence-electron chi connectivity index (χ1n) is 10.4. The molecule has 0 bridgehead atoms. The molecule has 0 amide bonds. The van der Waals surface area contributed by atoms with E-state index in [1.54, 1.807) is 30.3 Å². The standard InChI is InChI=1S/C24H22F2N2O3S/c25-16-6-8-17(9-7-16)32(30,31)28-12-11-19-23(14-29)27-22-10-5-15(13-20(22)24(19)28)18-3-1-2-4-21(18)26/h1-10,13,19,23-24,27,29H,11-12,14H2/t19-,23+,24-/m0/s1. The summed E-state index contributed by atoms with van der Waals surface area (Å²) in [5.41, 5.74) is 2.54. The lowest BCUT2D eigenvalue weighted by molar-refractivity contribution is 0.210. The number of rotatable bonds is 4. The van der Waals surface area contributed by atoms with Gasteiger partial charge in [0.15, 0.2) is 0 Å². The van der Waals surface area contributed by atoms with E-state index in [4.69, 9.17) is 0 Å². The van der Waals surface area contributed by atoms with Crippen LogP contribution in [0.5, 0.6) is 0 Å². The number of aliphatic hydroxyl groups is 1. The summed E-state index contributed by atoms with van der Waals surface area (Å²) >= 11 is 0. The Labute approximate surface area is 185 Å². The van der Waals surface area contributed by atoms with E-state index >= 15 is 0 Å². The average Bonchev–Trinajstić information content (AvgIpc) is 3.25. The predicted molar refractivity (Wildman–Crippen MR) is 117 cm³/mol. The highest BCUT2D eigenvalue weighted by Gasteiger charge is 2.48. The number of aliphatic hydroxyl groups excluding tert-OH is 1. The molecule has 0 spiro atoms. The molecule has 0 saturated carbocycles. The molecule has 166 valence electrons. The van der Waals surface area contributed by atoms with Crippen LogP contribution in [0.1, 0.15) is 18.0 Å². The maximum atomic E-state index is 14.4. The summed E-state index contributed by atoms with van der Waals surface area (Å²) in [5, 5.41) is 13.3. The molecular weight excluding hydrogens is 434 g/mol. The Morgan fingerprint density at radius 3 is 2.50 bits per heavy atom. The molecule has 3 aromatic rings. The van der Waals surface area contributed by atoms with Gasteiger partial charge in [0.2, 0.25) is 10.0 Å². The van der Waals surface area contributed by atoms with Gasteiger partial charge in [-0.2, -0.15) is 4.31 Å². The highest BCUT2D eigenvalue weighted by Crippen LogP contribution is 2.49. The normalized spacial score (nSPS) is 22.8. The highest BCUT2D eigenvalue weighted by molar-refractivity contribution is 7.89. The maximum Gasteiger partial charge on any atom is 0.243 e. The van der Waals surface area contributed by atoms with Crippen molar-refractivity contribution >= 4 is 15.7 Å². The minimum Gasteiger partial charge on any atom is -0.394 e. The fourth-order valence-electron chi connectivity index (χ4n) is 4.90. The largest absolute Gasteiger partial charge is 0.394 e. The molecule has 3 atom stereocenters. The van der Waals surface area contributed by atoms with Crippen molar-refractivity contribution in [2.75, 3.05) is 18.5 Å². The van der Waals surface area contributed by atoms with Crippen LogP contribution in [0.25, 0.3) is 11.1 Å². The Hall–Kier alpha value is -2.81. The third-order valence-electron chi connectivity index (χ3n) is 6.43. The van der Waals surface area contributed by atoms with E-state index in [0.717, 1.165) is 17.7 Å². The molecule has 2 N–H and O–H groups in total. The fraction of sp³-hybridized carbons (Fsp3) is 0.250. The number of hydrogen-bond acceptors (Lipinski definition) is 4. The second-order valence-corrected chi connectivity index (χ2v) is 10.1. The zero-order valence-electron chi connectivity index (χ0n) is 17.1. The Morgan fingerprint density at radius 2 is 1.78 bits per heavy atom. The molecule has 32 heavy (non-hydrogen) atoms. The Balaban J connectivity index is 1.62. The average molecular weight is 457 g/mol. The van der Waals surface area contributed by atoms with Crippen molar-refractivity contribution in [2.24, 2.45) is 5.92 Å². The van der Waals surface area contributed by atoms with Crippen molar-refractivity contribution in [2.45, 2.75) is 23.4 Å². The Morgan fingerprint density at radius 1 is 1.03 bits per heavy atom. The molecular formula is C24H22F2N2O3S. The quantitative estimate of drug-likeness (QED) is 0.618. The first-order valence-corrected chi connectivity index (χ1v) is 11.9. The topological polar surface area (TPSA) is 69.6 Å². The molecule has 5 rings (SSSR count). The summed E-state index contributed by atoms with van der Waals surface area (Å²) in [6, 6.07) is 15.8. The van der Waals surface area contributed by atoms with Gasteiger partial charge in [0.1, 0.15) is 11.6 Å². The van der Waals surface area contributed by atoms with E-state index in [-0.39, 0.29) is 35.8 Å². The number of nitrogens with zero attached hydrogens (tertiary/aromatic N) is 1. The predicted octanol–water partition coefficient (Wildman–Crippen LogP) is 4.17. The van der Waals surface area contributed by atoms with E-state index in [0.29, 0.717) is 23.2 Å². The summed E-state index contributed by atoms with van der Waals surface area (Å²) in [6.07, 6.45) is 0.562. The zero-order valence-corrected chi connectivity index (χ0v) is 17.9. The van der Waals surface area contributed by atoms with Gasteiger partial charge in [-0.05, 0) is 60.0 Å². The van der Waals surface area contributed by atoms with Gasteiger partial charge in [0.25, 0.3) is 0 Å². The molecule has 2 aliphatic rings. The van der Waals surface area contributed by atoms with E-state index in [2.05, 4.69) is 5.32 Å². The number of sulfonamides is 1. The SMILES string of the molecule is O=S(=O)(c1ccc(F)cc1)N1CC[C@@H]2[C@H]1c1cc(-c3ccccc3F)ccc1N[C@@H]2CO. The number of hydrogen-bond donors (Lipinski definition) is 2. The van der Waals surface area contributed by atoms with Gasteiger partial charge in [0, 0.05) is 23.7 Å². The van der Waals surface area contributed by atoms with E-state index in [9.17, 15) is 22.3 Å². The van der Waals surface area contributed by atoms with Crippen LogP contribution in [-0.2, 0) is 10.0 Å². The second-order valence-electron chi connectivity index (χ2n) is 8.18. The van der Waals surface area contributed by atoms with Gasteiger partial charge in [-0.1, -0.05) is 24.3 Å². The van der Waals surface area contributed by atoms with E-state index < -0.39 is 21.9 Å². The zero-order chi connectivity index (χ0) is 22.5. The summed E-state index contributed by atoms with van der Waals surface area (Å²) in [7, 11) is -3.90. The molecule has 2 heterocycles. The number of halogens is 2.